The number of pyridine rings is 1. The van der Waals surface area contributed by atoms with Crippen LogP contribution in [0.3, 0.4) is 0 Å². The van der Waals surface area contributed by atoms with Crippen molar-refractivity contribution in [2.75, 3.05) is 5.32 Å². The van der Waals surface area contributed by atoms with Gasteiger partial charge in [-0.2, -0.15) is 0 Å². The van der Waals surface area contributed by atoms with Gasteiger partial charge in [0.1, 0.15) is 11.6 Å². The van der Waals surface area contributed by atoms with Gasteiger partial charge in [0.15, 0.2) is 0 Å². The van der Waals surface area contributed by atoms with Crippen LogP contribution in [-0.4, -0.2) is 16.1 Å². The topological polar surface area (TPSA) is 62.2 Å². The second kappa shape index (κ2) is 5.67. The summed E-state index contributed by atoms with van der Waals surface area (Å²) in [6.07, 6.45) is 1.26. The van der Waals surface area contributed by atoms with Crippen LogP contribution in [-0.2, 0) is 6.54 Å². The molecule has 6 heteroatoms. The lowest BCUT2D eigenvalue weighted by Gasteiger charge is -2.07. The minimum Gasteiger partial charge on any atom is -0.478 e. The maximum atomic E-state index is 13.0. The summed E-state index contributed by atoms with van der Waals surface area (Å²) in [5, 5.41) is 11.9. The van der Waals surface area contributed by atoms with Crippen molar-refractivity contribution in [2.24, 2.45) is 0 Å². The molecule has 4 nitrogen and oxygen atoms in total. The molecule has 0 saturated carbocycles. The van der Waals surface area contributed by atoms with E-state index in [1.54, 1.807) is 12.1 Å². The molecule has 0 unspecified atom stereocenters. The number of nitrogens with zero attached hydrogens (tertiary/aromatic N) is 1. The predicted molar refractivity (Wildman–Crippen MR) is 69.9 cm³/mol. The maximum absolute atomic E-state index is 13.0. The Labute approximate surface area is 113 Å². The third-order valence-electron chi connectivity index (χ3n) is 2.45. The summed E-state index contributed by atoms with van der Waals surface area (Å²) in [5.74, 6) is -1.08. The first-order valence-corrected chi connectivity index (χ1v) is 5.81. The van der Waals surface area contributed by atoms with Crippen molar-refractivity contribution in [3.05, 3.63) is 58.5 Å². The summed E-state index contributed by atoms with van der Waals surface area (Å²) in [4.78, 5) is 14.9. The van der Waals surface area contributed by atoms with E-state index >= 15 is 0 Å². The van der Waals surface area contributed by atoms with Crippen molar-refractivity contribution in [1.29, 1.82) is 0 Å². The van der Waals surface area contributed by atoms with Crippen molar-refractivity contribution in [3.63, 3.8) is 0 Å². The van der Waals surface area contributed by atoms with Crippen molar-refractivity contribution in [2.45, 2.75) is 6.54 Å². The monoisotopic (exact) mass is 280 g/mol. The standard InChI is InChI=1S/C13H10ClFN2O2/c14-11-7-17-12(5-10(11)13(18)19)16-6-8-2-1-3-9(15)4-8/h1-5,7H,6H2,(H,16,17)(H,18,19). The van der Waals surface area contributed by atoms with Gasteiger partial charge in [-0.15, -0.1) is 0 Å². The summed E-state index contributed by atoms with van der Waals surface area (Å²) in [5.41, 5.74) is 0.701. The van der Waals surface area contributed by atoms with E-state index in [1.165, 1.54) is 24.4 Å². The summed E-state index contributed by atoms with van der Waals surface area (Å²) in [6.45, 7) is 0.339. The molecule has 1 aromatic heterocycles. The zero-order valence-electron chi connectivity index (χ0n) is 9.73. The number of anilines is 1. The molecule has 0 radical (unpaired) electrons. The fourth-order valence-electron chi connectivity index (χ4n) is 1.54. The van der Waals surface area contributed by atoms with Crippen LogP contribution in [0.2, 0.25) is 5.02 Å². The number of aromatic carboxylic acids is 1. The molecule has 1 aromatic carbocycles. The molecule has 0 spiro atoms. The summed E-state index contributed by atoms with van der Waals surface area (Å²) in [7, 11) is 0. The van der Waals surface area contributed by atoms with E-state index in [-0.39, 0.29) is 16.4 Å². The Hall–Kier alpha value is -2.14. The highest BCUT2D eigenvalue weighted by atomic mass is 35.5. The molecule has 0 aliphatic rings. The average molecular weight is 281 g/mol. The molecule has 19 heavy (non-hydrogen) atoms. The van der Waals surface area contributed by atoms with Crippen LogP contribution in [0.4, 0.5) is 10.2 Å². The van der Waals surface area contributed by atoms with Crippen LogP contribution in [0.1, 0.15) is 15.9 Å². The highest BCUT2D eigenvalue weighted by molar-refractivity contribution is 6.33. The maximum Gasteiger partial charge on any atom is 0.337 e. The number of carbonyl (C=O) groups is 1. The van der Waals surface area contributed by atoms with E-state index < -0.39 is 5.97 Å². The molecule has 0 aliphatic carbocycles. The smallest absolute Gasteiger partial charge is 0.337 e. The molecule has 0 fully saturated rings. The Morgan fingerprint density at radius 2 is 2.21 bits per heavy atom. The van der Waals surface area contributed by atoms with Crippen molar-refractivity contribution < 1.29 is 14.3 Å². The Morgan fingerprint density at radius 3 is 2.89 bits per heavy atom. The summed E-state index contributed by atoms with van der Waals surface area (Å²) >= 11 is 5.71. The zero-order valence-corrected chi connectivity index (χ0v) is 10.5. The Morgan fingerprint density at radius 1 is 1.42 bits per heavy atom. The van der Waals surface area contributed by atoms with Gasteiger partial charge in [0.05, 0.1) is 10.6 Å². The van der Waals surface area contributed by atoms with Gasteiger partial charge in [-0.05, 0) is 23.8 Å². The van der Waals surface area contributed by atoms with Crippen molar-refractivity contribution in [3.8, 4) is 0 Å². The van der Waals surface area contributed by atoms with Gasteiger partial charge in [-0.1, -0.05) is 23.7 Å². The minimum atomic E-state index is -1.12. The van der Waals surface area contributed by atoms with Crippen LogP contribution in [0.15, 0.2) is 36.5 Å². The van der Waals surface area contributed by atoms with E-state index in [2.05, 4.69) is 10.3 Å². The highest BCUT2D eigenvalue weighted by Gasteiger charge is 2.10. The van der Waals surface area contributed by atoms with Crippen molar-refractivity contribution in [1.82, 2.24) is 4.98 Å². The normalized spacial score (nSPS) is 10.2. The number of benzene rings is 1. The first-order valence-electron chi connectivity index (χ1n) is 5.43. The molecule has 1 heterocycles. The van der Waals surface area contributed by atoms with E-state index in [4.69, 9.17) is 16.7 Å². The van der Waals surface area contributed by atoms with Crippen LogP contribution < -0.4 is 5.32 Å². The molecule has 0 bridgehead atoms. The number of nitrogens with one attached hydrogen (secondary N) is 1. The molecule has 2 N–H and O–H groups in total. The van der Waals surface area contributed by atoms with Gasteiger partial charge in [0.25, 0.3) is 0 Å². The molecular weight excluding hydrogens is 271 g/mol. The summed E-state index contributed by atoms with van der Waals surface area (Å²) in [6, 6.07) is 7.44. The lowest BCUT2D eigenvalue weighted by molar-refractivity contribution is 0.0697. The van der Waals surface area contributed by atoms with Crippen LogP contribution in [0.5, 0.6) is 0 Å². The molecular formula is C13H10ClFN2O2. The number of carboxylic acids is 1. The van der Waals surface area contributed by atoms with E-state index in [0.29, 0.717) is 12.4 Å². The van der Waals surface area contributed by atoms with Gasteiger partial charge in [-0.25, -0.2) is 14.2 Å². The number of hydrogen-bond acceptors (Lipinski definition) is 3. The number of aromatic nitrogens is 1. The molecule has 98 valence electrons. The Kier molecular flexibility index (Phi) is 3.97. The second-order valence-corrected chi connectivity index (χ2v) is 4.25. The first kappa shape index (κ1) is 13.3. The number of carboxylic acid groups (broad SMARTS) is 1. The van der Waals surface area contributed by atoms with E-state index in [1.807, 2.05) is 0 Å². The SMILES string of the molecule is O=C(O)c1cc(NCc2cccc(F)c2)ncc1Cl. The average Bonchev–Trinajstić information content (AvgIpc) is 2.37. The Balaban J connectivity index is 2.12. The van der Waals surface area contributed by atoms with Crippen LogP contribution in [0, 0.1) is 5.82 Å². The number of hydrogen-bond donors (Lipinski definition) is 2. The van der Waals surface area contributed by atoms with E-state index in [0.717, 1.165) is 5.56 Å². The Bertz CT molecular complexity index is 619. The van der Waals surface area contributed by atoms with Gasteiger partial charge in [0.2, 0.25) is 0 Å². The van der Waals surface area contributed by atoms with Crippen molar-refractivity contribution >= 4 is 23.4 Å². The first-order chi connectivity index (χ1) is 9.06. The molecule has 0 saturated heterocycles. The highest BCUT2D eigenvalue weighted by Crippen LogP contribution is 2.18. The number of rotatable bonds is 4. The molecule has 0 aliphatic heterocycles. The zero-order chi connectivity index (χ0) is 13.8. The molecule has 0 amide bonds. The van der Waals surface area contributed by atoms with Crippen LogP contribution >= 0.6 is 11.6 Å². The van der Waals surface area contributed by atoms with Gasteiger partial charge < -0.3 is 10.4 Å². The molecule has 2 aromatic rings. The van der Waals surface area contributed by atoms with E-state index in [9.17, 15) is 9.18 Å². The fourth-order valence-corrected chi connectivity index (χ4v) is 1.72. The van der Waals surface area contributed by atoms with Gasteiger partial charge in [-0.3, -0.25) is 0 Å². The largest absolute Gasteiger partial charge is 0.478 e. The lowest BCUT2D eigenvalue weighted by atomic mass is 10.2. The predicted octanol–water partition coefficient (Wildman–Crippen LogP) is 3.18. The lowest BCUT2D eigenvalue weighted by Crippen LogP contribution is -2.05. The van der Waals surface area contributed by atoms with Gasteiger partial charge >= 0.3 is 5.97 Å². The quantitative estimate of drug-likeness (QED) is 0.903. The van der Waals surface area contributed by atoms with Crippen LogP contribution in [0.25, 0.3) is 0 Å². The summed E-state index contributed by atoms with van der Waals surface area (Å²) < 4.78 is 13.0. The molecule has 0 atom stereocenters. The minimum absolute atomic E-state index is 0.0293. The third kappa shape index (κ3) is 3.42. The molecule has 2 rings (SSSR count). The van der Waals surface area contributed by atoms with Gasteiger partial charge in [0, 0.05) is 12.7 Å². The third-order valence-corrected chi connectivity index (χ3v) is 2.75. The number of halogens is 2. The second-order valence-electron chi connectivity index (χ2n) is 3.84. The fraction of sp³-hybridized carbons (Fsp3) is 0.0769.